The Kier molecular flexibility index (Phi) is 4.45. The Balaban J connectivity index is 3.13. The molecular formula is C5H9IN-. The Hall–Kier alpha value is 0.180. The molecule has 1 nitrogen and oxygen atoms in total. The van der Waals surface area contributed by atoms with Crippen molar-refractivity contribution < 1.29 is 21.5 Å². The van der Waals surface area contributed by atoms with Crippen molar-refractivity contribution in [1.82, 2.24) is 0 Å². The minimum absolute atomic E-state index is 0.0165. The zero-order chi connectivity index (χ0) is 5.70. The average Bonchev–Trinajstić information content (AvgIpc) is 1.61. The van der Waals surface area contributed by atoms with Gasteiger partial charge in [-0.1, -0.05) is 0 Å². The fraction of sp³-hybridized carbons (Fsp3) is 0.600. The Morgan fingerprint density at radius 3 is 2.43 bits per heavy atom. The van der Waals surface area contributed by atoms with Crippen molar-refractivity contribution in [3.63, 3.8) is 0 Å². The second-order valence-corrected chi connectivity index (χ2v) is 4.88. The summed E-state index contributed by atoms with van der Waals surface area (Å²) in [6.07, 6.45) is 0. The second kappa shape index (κ2) is 4.34. The van der Waals surface area contributed by atoms with E-state index in [1.165, 1.54) is 0 Å². The maximum absolute atomic E-state index is 3.92. The zero-order valence-corrected chi connectivity index (χ0v) is 6.77. The van der Waals surface area contributed by atoms with E-state index in [9.17, 15) is 0 Å². The Bertz CT molecular complexity index is 82.1. The summed E-state index contributed by atoms with van der Waals surface area (Å²) in [4.78, 5) is 0. The summed E-state index contributed by atoms with van der Waals surface area (Å²) in [5.74, 6) is 2.52. The maximum atomic E-state index is 3.92. The van der Waals surface area contributed by atoms with Gasteiger partial charge in [0.1, 0.15) is 0 Å². The van der Waals surface area contributed by atoms with Crippen LogP contribution in [-0.4, -0.2) is 9.79 Å². The Labute approximate surface area is 55.1 Å². The van der Waals surface area contributed by atoms with Crippen molar-refractivity contribution in [2.24, 2.45) is 3.21 Å². The van der Waals surface area contributed by atoms with Gasteiger partial charge in [-0.25, -0.2) is 0 Å². The molecule has 7 heavy (non-hydrogen) atoms. The van der Waals surface area contributed by atoms with Crippen molar-refractivity contribution in [3.05, 3.63) is 6.58 Å². The van der Waals surface area contributed by atoms with E-state index in [0.717, 1.165) is 3.92 Å². The summed E-state index contributed by atoms with van der Waals surface area (Å²) in [6.45, 7) is 7.69. The first-order valence-electron chi connectivity index (χ1n) is 2.12. The van der Waals surface area contributed by atoms with E-state index in [0.29, 0.717) is 0 Å². The van der Waals surface area contributed by atoms with Crippen LogP contribution in [0.4, 0.5) is 0 Å². The molecule has 0 amide bonds. The van der Waals surface area contributed by atoms with Gasteiger partial charge in [0.2, 0.25) is 0 Å². The molecule has 0 aromatic carbocycles. The van der Waals surface area contributed by atoms with Crippen LogP contribution in [0.5, 0.6) is 0 Å². The third-order valence-electron chi connectivity index (χ3n) is 0.304. The predicted octanol–water partition coefficient (Wildman–Crippen LogP) is -1.75. The number of alkyl halides is 1. The molecule has 0 saturated heterocycles. The minimum atomic E-state index is 0.0165. The molecule has 42 valence electrons. The Morgan fingerprint density at radius 2 is 2.29 bits per heavy atom. The third-order valence-corrected chi connectivity index (χ3v) is 2.04. The van der Waals surface area contributed by atoms with Gasteiger partial charge in [0.15, 0.2) is 0 Å². The first kappa shape index (κ1) is 7.18. The standard InChI is InChI=1S/C5H9IN/c1-4-7-6-5(2)3/h5H,1H2,2-3H3/q-1. The number of hydrogen-bond acceptors (Lipinski definition) is 1. The van der Waals surface area contributed by atoms with Crippen LogP contribution in [0, 0.1) is 0 Å². The molecule has 0 spiro atoms. The van der Waals surface area contributed by atoms with Crippen LogP contribution < -0.4 is 21.5 Å². The molecule has 0 aromatic heterocycles. The van der Waals surface area contributed by atoms with Gasteiger partial charge in [-0.15, -0.1) is 0 Å². The summed E-state index contributed by atoms with van der Waals surface area (Å²) < 4.78 is 4.66. The molecule has 0 aliphatic carbocycles. The van der Waals surface area contributed by atoms with Gasteiger partial charge >= 0.3 is 54.9 Å². The van der Waals surface area contributed by atoms with Crippen LogP contribution in [-0.2, 0) is 0 Å². The fourth-order valence-electron chi connectivity index (χ4n) is 0.132. The van der Waals surface area contributed by atoms with Gasteiger partial charge in [-0.05, 0) is 0 Å². The summed E-state index contributed by atoms with van der Waals surface area (Å²) >= 11 is 0.0165. The molecule has 0 aliphatic heterocycles. The van der Waals surface area contributed by atoms with Gasteiger partial charge in [-0.2, -0.15) is 0 Å². The summed E-state index contributed by atoms with van der Waals surface area (Å²) in [6, 6.07) is 0. The molecule has 0 radical (unpaired) electrons. The van der Waals surface area contributed by atoms with Gasteiger partial charge in [-0.3, -0.25) is 0 Å². The van der Waals surface area contributed by atoms with Crippen molar-refractivity contribution in [1.29, 1.82) is 0 Å². The van der Waals surface area contributed by atoms with E-state index in [1.54, 1.807) is 0 Å². The van der Waals surface area contributed by atoms with Crippen LogP contribution in [0.1, 0.15) is 13.8 Å². The molecule has 0 atom stereocenters. The van der Waals surface area contributed by atoms with Crippen molar-refractivity contribution >= 4 is 5.87 Å². The molecule has 0 aliphatic rings. The van der Waals surface area contributed by atoms with Crippen molar-refractivity contribution in [3.8, 4) is 0 Å². The summed E-state index contributed by atoms with van der Waals surface area (Å²) in [5, 5.41) is 0. The SMILES string of the molecule is C=C=N[I-]C(C)C. The van der Waals surface area contributed by atoms with Crippen molar-refractivity contribution in [2.75, 3.05) is 0 Å². The first-order valence-corrected chi connectivity index (χ1v) is 4.33. The van der Waals surface area contributed by atoms with Gasteiger partial charge in [0.05, 0.1) is 0 Å². The van der Waals surface area contributed by atoms with Crippen LogP contribution in [0.3, 0.4) is 0 Å². The monoisotopic (exact) mass is 210 g/mol. The number of halogens is 1. The zero-order valence-electron chi connectivity index (χ0n) is 4.61. The molecule has 0 unspecified atom stereocenters. The molecule has 0 fully saturated rings. The predicted molar refractivity (Wildman–Crippen MR) is 28.2 cm³/mol. The van der Waals surface area contributed by atoms with E-state index in [-0.39, 0.29) is 21.5 Å². The number of nitrogens with zero attached hydrogens (tertiary/aromatic N) is 1. The van der Waals surface area contributed by atoms with E-state index in [4.69, 9.17) is 0 Å². The first-order chi connectivity index (χ1) is 3.27. The molecule has 0 aromatic rings. The quantitative estimate of drug-likeness (QED) is 0.291. The topological polar surface area (TPSA) is 12.4 Å². The van der Waals surface area contributed by atoms with E-state index < -0.39 is 0 Å². The van der Waals surface area contributed by atoms with E-state index in [1.807, 2.05) is 0 Å². The molecular weight excluding hydrogens is 201 g/mol. The van der Waals surface area contributed by atoms with Crippen LogP contribution in [0.25, 0.3) is 0 Å². The Morgan fingerprint density at radius 1 is 1.71 bits per heavy atom. The van der Waals surface area contributed by atoms with Crippen LogP contribution >= 0.6 is 0 Å². The van der Waals surface area contributed by atoms with Crippen LogP contribution in [0.2, 0.25) is 0 Å². The molecule has 0 N–H and O–H groups in total. The molecule has 0 rings (SSSR count). The molecule has 0 heterocycles. The third kappa shape index (κ3) is 6.18. The number of hydrogen-bond donors (Lipinski definition) is 0. The van der Waals surface area contributed by atoms with Crippen LogP contribution in [0.15, 0.2) is 9.78 Å². The summed E-state index contributed by atoms with van der Waals surface area (Å²) in [7, 11) is 0. The normalized spacial score (nSPS) is 9.00. The number of rotatable bonds is 2. The van der Waals surface area contributed by atoms with E-state index in [2.05, 4.69) is 29.5 Å². The van der Waals surface area contributed by atoms with Gasteiger partial charge < -0.3 is 0 Å². The molecule has 0 bridgehead atoms. The average molecular weight is 210 g/mol. The van der Waals surface area contributed by atoms with Gasteiger partial charge in [0.25, 0.3) is 0 Å². The molecule has 2 heteroatoms. The van der Waals surface area contributed by atoms with Gasteiger partial charge in [0, 0.05) is 0 Å². The van der Waals surface area contributed by atoms with Crippen molar-refractivity contribution in [2.45, 2.75) is 17.8 Å². The molecule has 0 saturated carbocycles. The van der Waals surface area contributed by atoms with E-state index >= 15 is 0 Å². The fourth-order valence-corrected chi connectivity index (χ4v) is 0.886. The summed E-state index contributed by atoms with van der Waals surface area (Å²) in [5.41, 5.74) is 0. The second-order valence-electron chi connectivity index (χ2n) is 1.35.